The minimum Gasteiger partial charge on any atom is -0.369 e. The molecule has 2 heterocycles. The van der Waals surface area contributed by atoms with Crippen LogP contribution in [0.25, 0.3) is 0 Å². The normalized spacial score (nSPS) is 15.9. The van der Waals surface area contributed by atoms with Crippen LogP contribution in [0.2, 0.25) is 0 Å². The Kier molecular flexibility index (Phi) is 5.61. The topological polar surface area (TPSA) is 44.3 Å². The zero-order valence-electron chi connectivity index (χ0n) is 14.6. The number of nitrogens with one attached hydrogen (secondary N) is 1. The number of hydrogen-bond acceptors (Lipinski definition) is 5. The van der Waals surface area contributed by atoms with Crippen LogP contribution in [0.15, 0.2) is 36.7 Å². The summed E-state index contributed by atoms with van der Waals surface area (Å²) in [4.78, 5) is 12.8. The van der Waals surface area contributed by atoms with E-state index >= 15 is 0 Å². The number of halogens is 3. The molecule has 0 amide bonds. The highest BCUT2D eigenvalue weighted by atomic mass is 19.4. The molecule has 1 aromatic heterocycles. The summed E-state index contributed by atoms with van der Waals surface area (Å²) in [7, 11) is 0. The number of alkyl halides is 3. The van der Waals surface area contributed by atoms with Gasteiger partial charge in [-0.2, -0.15) is 13.2 Å². The maximum absolute atomic E-state index is 12.9. The molecule has 1 N–H and O–H groups in total. The third-order valence-electron chi connectivity index (χ3n) is 4.36. The van der Waals surface area contributed by atoms with Gasteiger partial charge in [-0.05, 0) is 25.1 Å². The molecule has 0 saturated carbocycles. The highest BCUT2D eigenvalue weighted by molar-refractivity contribution is 5.49. The molecule has 26 heavy (non-hydrogen) atoms. The Morgan fingerprint density at radius 1 is 1.08 bits per heavy atom. The van der Waals surface area contributed by atoms with E-state index in [1.165, 1.54) is 12.1 Å². The lowest BCUT2D eigenvalue weighted by Gasteiger charge is -2.36. The van der Waals surface area contributed by atoms with Crippen LogP contribution < -0.4 is 10.2 Å². The fourth-order valence-corrected chi connectivity index (χ4v) is 2.99. The van der Waals surface area contributed by atoms with Gasteiger partial charge in [0.25, 0.3) is 0 Å². The summed E-state index contributed by atoms with van der Waals surface area (Å²) >= 11 is 0. The third-order valence-corrected chi connectivity index (χ3v) is 4.36. The molecule has 0 unspecified atom stereocenters. The molecule has 0 atom stereocenters. The number of nitrogens with zero attached hydrogens (tertiary/aromatic N) is 4. The molecule has 0 bridgehead atoms. The molecule has 1 fully saturated rings. The predicted molar refractivity (Wildman–Crippen MR) is 95.1 cm³/mol. The number of benzene rings is 1. The van der Waals surface area contributed by atoms with Gasteiger partial charge >= 0.3 is 6.18 Å². The molecule has 0 radical (unpaired) electrons. The van der Waals surface area contributed by atoms with Crippen molar-refractivity contribution in [3.05, 3.63) is 47.8 Å². The van der Waals surface area contributed by atoms with E-state index in [0.29, 0.717) is 24.7 Å². The Morgan fingerprint density at radius 3 is 2.38 bits per heavy atom. The van der Waals surface area contributed by atoms with Crippen LogP contribution in [0, 0.1) is 0 Å². The van der Waals surface area contributed by atoms with Gasteiger partial charge in [-0.15, -0.1) is 0 Å². The summed E-state index contributed by atoms with van der Waals surface area (Å²) in [5, 5.41) is 3.05. The van der Waals surface area contributed by atoms with Crippen molar-refractivity contribution in [2.75, 3.05) is 42.9 Å². The van der Waals surface area contributed by atoms with Crippen molar-refractivity contribution in [3.63, 3.8) is 0 Å². The molecule has 1 aromatic carbocycles. The van der Waals surface area contributed by atoms with Crippen LogP contribution in [0.1, 0.15) is 18.1 Å². The Labute approximate surface area is 150 Å². The number of hydrogen-bond donors (Lipinski definition) is 1. The molecule has 5 nitrogen and oxygen atoms in total. The van der Waals surface area contributed by atoms with E-state index in [-0.39, 0.29) is 0 Å². The van der Waals surface area contributed by atoms with Gasteiger partial charge in [0.15, 0.2) is 0 Å². The first-order valence-electron chi connectivity index (χ1n) is 8.65. The lowest BCUT2D eigenvalue weighted by molar-refractivity contribution is -0.137. The molecule has 140 valence electrons. The second kappa shape index (κ2) is 7.90. The second-order valence-corrected chi connectivity index (χ2v) is 6.26. The SMILES string of the molecule is CCNc1ncc(CN2CCN(c3cccc(C(F)(F)F)c3)CC2)cn1. The van der Waals surface area contributed by atoms with E-state index in [9.17, 15) is 13.2 Å². The summed E-state index contributed by atoms with van der Waals surface area (Å²) in [6, 6.07) is 5.53. The van der Waals surface area contributed by atoms with Gasteiger partial charge in [0.05, 0.1) is 5.56 Å². The molecule has 3 rings (SSSR count). The fourth-order valence-electron chi connectivity index (χ4n) is 2.99. The molecular formula is C18H22F3N5. The first kappa shape index (κ1) is 18.4. The average Bonchev–Trinajstić information content (AvgIpc) is 2.64. The van der Waals surface area contributed by atoms with E-state index in [1.54, 1.807) is 6.07 Å². The van der Waals surface area contributed by atoms with Crippen LogP contribution in [0.4, 0.5) is 24.8 Å². The molecule has 1 saturated heterocycles. The smallest absolute Gasteiger partial charge is 0.369 e. The largest absolute Gasteiger partial charge is 0.416 e. The number of rotatable bonds is 5. The lowest BCUT2D eigenvalue weighted by Crippen LogP contribution is -2.46. The number of aromatic nitrogens is 2. The first-order chi connectivity index (χ1) is 12.5. The van der Waals surface area contributed by atoms with E-state index in [4.69, 9.17) is 0 Å². The minimum absolute atomic E-state index is 0.602. The number of piperazine rings is 1. The zero-order valence-corrected chi connectivity index (χ0v) is 14.6. The van der Waals surface area contributed by atoms with Gasteiger partial charge < -0.3 is 10.2 Å². The molecule has 0 aliphatic carbocycles. The van der Waals surface area contributed by atoms with Gasteiger partial charge in [-0.25, -0.2) is 9.97 Å². The lowest BCUT2D eigenvalue weighted by atomic mass is 10.1. The molecule has 8 heteroatoms. The standard InChI is InChI=1S/C18H22F3N5/c1-2-22-17-23-11-14(12-24-17)13-25-6-8-26(9-7-25)16-5-3-4-15(10-16)18(19,20)21/h3-5,10-12H,2,6-9,13H2,1H3,(H,22,23,24). The van der Waals surface area contributed by atoms with E-state index < -0.39 is 11.7 Å². The van der Waals surface area contributed by atoms with Gasteiger partial charge in [0, 0.05) is 62.9 Å². The summed E-state index contributed by atoms with van der Waals surface area (Å²) in [5.74, 6) is 0.616. The van der Waals surface area contributed by atoms with Gasteiger partial charge in [0.2, 0.25) is 5.95 Å². The number of anilines is 2. The average molecular weight is 365 g/mol. The van der Waals surface area contributed by atoms with E-state index in [0.717, 1.165) is 37.8 Å². The van der Waals surface area contributed by atoms with Gasteiger partial charge in [0.1, 0.15) is 0 Å². The van der Waals surface area contributed by atoms with Crippen molar-refractivity contribution in [3.8, 4) is 0 Å². The highest BCUT2D eigenvalue weighted by Crippen LogP contribution is 2.31. The van der Waals surface area contributed by atoms with E-state index in [1.807, 2.05) is 24.2 Å². The van der Waals surface area contributed by atoms with Crippen molar-refractivity contribution >= 4 is 11.6 Å². The fraction of sp³-hybridized carbons (Fsp3) is 0.444. The van der Waals surface area contributed by atoms with Crippen LogP contribution in [0.3, 0.4) is 0 Å². The molecule has 1 aliphatic heterocycles. The minimum atomic E-state index is -4.31. The maximum atomic E-state index is 12.9. The summed E-state index contributed by atoms with van der Waals surface area (Å²) in [5.41, 5.74) is 1.05. The quantitative estimate of drug-likeness (QED) is 0.881. The van der Waals surface area contributed by atoms with Crippen LogP contribution in [-0.4, -0.2) is 47.6 Å². The van der Waals surface area contributed by atoms with Crippen molar-refractivity contribution in [2.24, 2.45) is 0 Å². The summed E-state index contributed by atoms with van der Waals surface area (Å²) in [6.45, 7) is 6.45. The molecule has 0 spiro atoms. The Balaban J connectivity index is 1.56. The van der Waals surface area contributed by atoms with Crippen molar-refractivity contribution in [2.45, 2.75) is 19.6 Å². The Hall–Kier alpha value is -2.35. The van der Waals surface area contributed by atoms with Crippen molar-refractivity contribution in [1.29, 1.82) is 0 Å². The van der Waals surface area contributed by atoms with Crippen LogP contribution in [-0.2, 0) is 12.7 Å². The third kappa shape index (κ3) is 4.63. The molecule has 1 aliphatic rings. The van der Waals surface area contributed by atoms with E-state index in [2.05, 4.69) is 20.2 Å². The summed E-state index contributed by atoms with van der Waals surface area (Å²) in [6.07, 6.45) is -0.690. The zero-order chi connectivity index (χ0) is 18.6. The van der Waals surface area contributed by atoms with Gasteiger partial charge in [-0.1, -0.05) is 6.07 Å². The predicted octanol–water partition coefficient (Wildman–Crippen LogP) is 3.25. The molecule has 2 aromatic rings. The second-order valence-electron chi connectivity index (χ2n) is 6.26. The summed E-state index contributed by atoms with van der Waals surface area (Å²) < 4.78 is 38.6. The van der Waals surface area contributed by atoms with Crippen molar-refractivity contribution < 1.29 is 13.2 Å². The van der Waals surface area contributed by atoms with Crippen molar-refractivity contribution in [1.82, 2.24) is 14.9 Å². The first-order valence-corrected chi connectivity index (χ1v) is 8.65. The maximum Gasteiger partial charge on any atom is 0.416 e. The Morgan fingerprint density at radius 2 is 1.77 bits per heavy atom. The highest BCUT2D eigenvalue weighted by Gasteiger charge is 2.31. The van der Waals surface area contributed by atoms with Gasteiger partial charge in [-0.3, -0.25) is 4.90 Å². The monoisotopic (exact) mass is 365 g/mol. The van der Waals surface area contributed by atoms with Crippen LogP contribution in [0.5, 0.6) is 0 Å². The van der Waals surface area contributed by atoms with Crippen LogP contribution >= 0.6 is 0 Å². The molecular weight excluding hydrogens is 343 g/mol. The Bertz CT molecular complexity index is 710.